The number of para-hydroxylation sites is 1. The van der Waals surface area contributed by atoms with Gasteiger partial charge in [-0.05, 0) is 44.2 Å². The fraction of sp³-hybridized carbons (Fsp3) is 0.350. The van der Waals surface area contributed by atoms with E-state index >= 15 is 0 Å². The predicted octanol–water partition coefficient (Wildman–Crippen LogP) is 2.06. The number of sulfonamides is 1. The molecule has 0 saturated carbocycles. The van der Waals surface area contributed by atoms with Crippen molar-refractivity contribution in [1.82, 2.24) is 10.6 Å². The van der Waals surface area contributed by atoms with Crippen molar-refractivity contribution in [2.24, 2.45) is 0 Å². The Balaban J connectivity index is 1.79. The summed E-state index contributed by atoms with van der Waals surface area (Å²) >= 11 is 0. The number of nitrogens with zero attached hydrogens (tertiary/aromatic N) is 1. The Morgan fingerprint density at radius 2 is 1.85 bits per heavy atom. The Labute approximate surface area is 160 Å². The van der Waals surface area contributed by atoms with Crippen LogP contribution in [0.2, 0.25) is 0 Å². The Hall–Kier alpha value is -2.38. The molecule has 1 aliphatic heterocycles. The van der Waals surface area contributed by atoms with E-state index in [0.29, 0.717) is 5.69 Å². The van der Waals surface area contributed by atoms with Crippen LogP contribution in [0.25, 0.3) is 0 Å². The van der Waals surface area contributed by atoms with Crippen LogP contribution in [-0.2, 0) is 14.8 Å². The lowest BCUT2D eigenvalue weighted by atomic mass is 10.2. The van der Waals surface area contributed by atoms with E-state index in [1.807, 2.05) is 13.0 Å². The highest BCUT2D eigenvalue weighted by Gasteiger charge is 2.26. The first-order valence-electron chi connectivity index (χ1n) is 9.11. The number of rotatable bonds is 7. The van der Waals surface area contributed by atoms with Gasteiger partial charge in [0.1, 0.15) is 0 Å². The second-order valence-electron chi connectivity index (χ2n) is 6.73. The number of hydrogen-bond donors (Lipinski definition) is 2. The number of amides is 1. The molecule has 0 aromatic heterocycles. The quantitative estimate of drug-likeness (QED) is 0.762. The van der Waals surface area contributed by atoms with Gasteiger partial charge in [-0.1, -0.05) is 35.9 Å². The van der Waals surface area contributed by atoms with Gasteiger partial charge < -0.3 is 10.6 Å². The number of carbonyl (C=O) groups excluding carboxylic acids is 1. The zero-order chi connectivity index (χ0) is 19.3. The van der Waals surface area contributed by atoms with Crippen molar-refractivity contribution < 1.29 is 13.2 Å². The lowest BCUT2D eigenvalue weighted by Crippen LogP contribution is -2.39. The van der Waals surface area contributed by atoms with Gasteiger partial charge in [0.2, 0.25) is 5.91 Å². The minimum Gasteiger partial charge on any atom is -0.352 e. The number of benzene rings is 2. The van der Waals surface area contributed by atoms with Crippen LogP contribution in [0, 0.1) is 6.92 Å². The highest BCUT2D eigenvalue weighted by molar-refractivity contribution is 7.92. The van der Waals surface area contributed by atoms with Crippen molar-refractivity contribution in [1.29, 1.82) is 0 Å². The molecule has 1 unspecified atom stereocenters. The number of anilines is 1. The van der Waals surface area contributed by atoms with Gasteiger partial charge in [0.05, 0.1) is 10.6 Å². The molecule has 1 saturated heterocycles. The van der Waals surface area contributed by atoms with Gasteiger partial charge in [-0.2, -0.15) is 0 Å². The van der Waals surface area contributed by atoms with Crippen LogP contribution >= 0.6 is 0 Å². The Kier molecular flexibility index (Phi) is 6.13. The van der Waals surface area contributed by atoms with E-state index in [1.54, 1.807) is 48.5 Å². The normalized spacial score (nSPS) is 16.9. The Bertz CT molecular complexity index is 861. The number of aryl methyl sites for hydroxylation is 1. The summed E-state index contributed by atoms with van der Waals surface area (Å²) < 4.78 is 27.7. The largest absolute Gasteiger partial charge is 0.352 e. The van der Waals surface area contributed by atoms with Crippen LogP contribution in [0.1, 0.15) is 18.4 Å². The van der Waals surface area contributed by atoms with Gasteiger partial charge in [-0.15, -0.1) is 0 Å². The van der Waals surface area contributed by atoms with Gasteiger partial charge >= 0.3 is 0 Å². The van der Waals surface area contributed by atoms with Crippen molar-refractivity contribution in [2.45, 2.75) is 30.7 Å². The molecular formula is C20H25N3O3S. The summed E-state index contributed by atoms with van der Waals surface area (Å²) in [5, 5.41) is 6.16. The molecule has 1 heterocycles. The van der Waals surface area contributed by atoms with Crippen LogP contribution < -0.4 is 14.9 Å². The van der Waals surface area contributed by atoms with Gasteiger partial charge in [-0.3, -0.25) is 9.10 Å². The minimum atomic E-state index is -3.75. The van der Waals surface area contributed by atoms with Gasteiger partial charge in [-0.25, -0.2) is 8.42 Å². The molecule has 6 nitrogen and oxygen atoms in total. The van der Waals surface area contributed by atoms with Crippen LogP contribution in [0.3, 0.4) is 0 Å². The topological polar surface area (TPSA) is 78.5 Å². The van der Waals surface area contributed by atoms with Crippen LogP contribution in [0.5, 0.6) is 0 Å². The third-order valence-corrected chi connectivity index (χ3v) is 6.46. The Morgan fingerprint density at radius 3 is 2.48 bits per heavy atom. The molecule has 1 fully saturated rings. The SMILES string of the molecule is Cc1ccc(S(=O)(=O)N(CCC(=O)NC2CCNC2)c2ccccc2)cc1. The van der Waals surface area contributed by atoms with Gasteiger partial charge in [0.15, 0.2) is 0 Å². The first-order chi connectivity index (χ1) is 13.0. The van der Waals surface area contributed by atoms with Gasteiger partial charge in [0, 0.05) is 25.6 Å². The maximum absolute atomic E-state index is 13.2. The van der Waals surface area contributed by atoms with Gasteiger partial charge in [0.25, 0.3) is 10.0 Å². The standard InChI is InChI=1S/C20H25N3O3S/c1-16-7-9-19(10-8-16)27(25,26)23(18-5-3-2-4-6-18)14-12-20(24)22-17-11-13-21-15-17/h2-10,17,21H,11-15H2,1H3,(H,22,24). The minimum absolute atomic E-state index is 0.0895. The first kappa shape index (κ1) is 19.4. The van der Waals surface area contributed by atoms with Crippen LogP contribution in [0.4, 0.5) is 5.69 Å². The average Bonchev–Trinajstić information content (AvgIpc) is 3.16. The highest BCUT2D eigenvalue weighted by Crippen LogP contribution is 2.24. The maximum atomic E-state index is 13.2. The Morgan fingerprint density at radius 1 is 1.15 bits per heavy atom. The van der Waals surface area contributed by atoms with E-state index in [1.165, 1.54) is 4.31 Å². The smallest absolute Gasteiger partial charge is 0.264 e. The van der Waals surface area contributed by atoms with E-state index in [0.717, 1.165) is 25.1 Å². The summed E-state index contributed by atoms with van der Waals surface area (Å²) in [4.78, 5) is 12.5. The summed E-state index contributed by atoms with van der Waals surface area (Å²) in [6.45, 7) is 3.65. The molecular weight excluding hydrogens is 362 g/mol. The maximum Gasteiger partial charge on any atom is 0.264 e. The summed E-state index contributed by atoms with van der Waals surface area (Å²) in [5.74, 6) is -0.135. The number of carbonyl (C=O) groups is 1. The average molecular weight is 388 g/mol. The van der Waals surface area contributed by atoms with E-state index in [-0.39, 0.29) is 29.8 Å². The van der Waals surface area contributed by atoms with Crippen LogP contribution in [0.15, 0.2) is 59.5 Å². The summed E-state index contributed by atoms with van der Waals surface area (Å²) in [6.07, 6.45) is 1.01. The number of hydrogen-bond acceptors (Lipinski definition) is 4. The molecule has 1 atom stereocenters. The molecule has 0 radical (unpaired) electrons. The molecule has 2 aromatic carbocycles. The van der Waals surface area contributed by atoms with E-state index in [4.69, 9.17) is 0 Å². The third-order valence-electron chi connectivity index (χ3n) is 4.62. The predicted molar refractivity (Wildman–Crippen MR) is 106 cm³/mol. The number of nitrogens with one attached hydrogen (secondary N) is 2. The first-order valence-corrected chi connectivity index (χ1v) is 10.6. The lowest BCUT2D eigenvalue weighted by Gasteiger charge is -2.24. The second kappa shape index (κ2) is 8.54. The second-order valence-corrected chi connectivity index (χ2v) is 8.60. The van der Waals surface area contributed by atoms with E-state index in [9.17, 15) is 13.2 Å². The molecule has 1 aliphatic rings. The fourth-order valence-electron chi connectivity index (χ4n) is 3.10. The van der Waals surface area contributed by atoms with Crippen molar-refractivity contribution in [3.8, 4) is 0 Å². The molecule has 2 aromatic rings. The fourth-order valence-corrected chi connectivity index (χ4v) is 4.57. The lowest BCUT2D eigenvalue weighted by molar-refractivity contribution is -0.121. The molecule has 144 valence electrons. The van der Waals surface area contributed by atoms with Crippen molar-refractivity contribution >= 4 is 21.6 Å². The summed E-state index contributed by atoms with van der Waals surface area (Å²) in [5.41, 5.74) is 1.54. The van der Waals surface area contributed by atoms with Crippen molar-refractivity contribution in [3.05, 3.63) is 60.2 Å². The van der Waals surface area contributed by atoms with E-state index < -0.39 is 10.0 Å². The molecule has 1 amide bonds. The zero-order valence-electron chi connectivity index (χ0n) is 15.4. The summed E-state index contributed by atoms with van der Waals surface area (Å²) in [6, 6.07) is 15.8. The molecule has 27 heavy (non-hydrogen) atoms. The zero-order valence-corrected chi connectivity index (χ0v) is 16.2. The molecule has 3 rings (SSSR count). The third kappa shape index (κ3) is 4.87. The summed E-state index contributed by atoms with van der Waals surface area (Å²) in [7, 11) is -3.75. The van der Waals surface area contributed by atoms with Crippen LogP contribution in [-0.4, -0.2) is 40.0 Å². The van der Waals surface area contributed by atoms with Crippen molar-refractivity contribution in [3.63, 3.8) is 0 Å². The molecule has 0 spiro atoms. The monoisotopic (exact) mass is 387 g/mol. The molecule has 2 N–H and O–H groups in total. The highest BCUT2D eigenvalue weighted by atomic mass is 32.2. The molecule has 0 bridgehead atoms. The van der Waals surface area contributed by atoms with Crippen molar-refractivity contribution in [2.75, 3.05) is 23.9 Å². The molecule has 0 aliphatic carbocycles. The van der Waals surface area contributed by atoms with E-state index in [2.05, 4.69) is 10.6 Å². The molecule has 7 heteroatoms.